The lowest BCUT2D eigenvalue weighted by Gasteiger charge is -2.09. The van der Waals surface area contributed by atoms with Crippen molar-refractivity contribution in [3.05, 3.63) is 60.4 Å². The van der Waals surface area contributed by atoms with Crippen LogP contribution >= 0.6 is 0 Å². The van der Waals surface area contributed by atoms with Gasteiger partial charge in [-0.3, -0.25) is 0 Å². The second kappa shape index (κ2) is 7.29. The van der Waals surface area contributed by atoms with Gasteiger partial charge in [-0.2, -0.15) is 5.26 Å². The summed E-state index contributed by atoms with van der Waals surface area (Å²) < 4.78 is 41.9. The molecule has 2 aromatic carbocycles. The summed E-state index contributed by atoms with van der Waals surface area (Å²) in [7, 11) is 0. The van der Waals surface area contributed by atoms with Crippen LogP contribution in [-0.2, 0) is 0 Å². The number of aromatic nitrogens is 3. The van der Waals surface area contributed by atoms with E-state index in [4.69, 9.17) is 10.7 Å². The van der Waals surface area contributed by atoms with Crippen LogP contribution in [0.3, 0.4) is 0 Å². The fourth-order valence-corrected chi connectivity index (χ4v) is 2.37. The molecular weight excluding hydrogens is 359 g/mol. The van der Waals surface area contributed by atoms with E-state index in [1.165, 1.54) is 35.3 Å². The fourth-order valence-electron chi connectivity index (χ4n) is 2.37. The summed E-state index contributed by atoms with van der Waals surface area (Å²) in [5.41, 5.74) is 1.92. The smallest absolute Gasteiger partial charge is 0.406 e. The van der Waals surface area contributed by atoms with Crippen LogP contribution in [0.4, 0.5) is 13.2 Å². The van der Waals surface area contributed by atoms with Crippen LogP contribution in [0.2, 0.25) is 0 Å². The van der Waals surface area contributed by atoms with E-state index >= 15 is 0 Å². The van der Waals surface area contributed by atoms with Gasteiger partial charge in [-0.15, -0.1) is 18.3 Å². The van der Waals surface area contributed by atoms with E-state index in [1.54, 1.807) is 24.3 Å². The lowest BCUT2D eigenvalue weighted by Crippen LogP contribution is -2.17. The van der Waals surface area contributed by atoms with Gasteiger partial charge in [-0.05, 0) is 29.8 Å². The maximum absolute atomic E-state index is 12.2. The monoisotopic (exact) mass is 371 g/mol. The summed E-state index contributed by atoms with van der Waals surface area (Å²) in [6.07, 6.45) is -2.23. The van der Waals surface area contributed by atoms with Gasteiger partial charge in [0.2, 0.25) is 0 Å². The van der Waals surface area contributed by atoms with Crippen molar-refractivity contribution < 1.29 is 17.9 Å². The van der Waals surface area contributed by atoms with Gasteiger partial charge < -0.3 is 10.1 Å². The molecule has 0 aliphatic carbocycles. The zero-order valence-electron chi connectivity index (χ0n) is 13.7. The molecule has 1 atom stereocenters. The second-order valence-corrected chi connectivity index (χ2v) is 5.45. The Balaban J connectivity index is 1.79. The van der Waals surface area contributed by atoms with E-state index in [0.717, 1.165) is 6.21 Å². The molecule has 0 aliphatic heterocycles. The number of hydrogen-bond acceptors (Lipinski definition) is 5. The van der Waals surface area contributed by atoms with Crippen molar-refractivity contribution in [1.29, 1.82) is 10.7 Å². The maximum Gasteiger partial charge on any atom is 0.573 e. The van der Waals surface area contributed by atoms with Crippen LogP contribution in [0.1, 0.15) is 11.5 Å². The summed E-state index contributed by atoms with van der Waals surface area (Å²) >= 11 is 0. The van der Waals surface area contributed by atoms with E-state index in [1.807, 2.05) is 6.07 Å². The molecule has 136 valence electrons. The molecule has 1 unspecified atom stereocenters. The van der Waals surface area contributed by atoms with Crippen molar-refractivity contribution >= 4 is 6.21 Å². The van der Waals surface area contributed by atoms with Gasteiger partial charge in [0.25, 0.3) is 0 Å². The Morgan fingerprint density at radius 2 is 1.78 bits per heavy atom. The number of halogens is 3. The zero-order chi connectivity index (χ0) is 19.4. The first-order chi connectivity index (χ1) is 12.9. The summed E-state index contributed by atoms with van der Waals surface area (Å²) in [6, 6.07) is 14.2. The lowest BCUT2D eigenvalue weighted by molar-refractivity contribution is -0.274. The van der Waals surface area contributed by atoms with Gasteiger partial charge in [0.15, 0.2) is 5.82 Å². The van der Waals surface area contributed by atoms with E-state index in [-0.39, 0.29) is 5.75 Å². The molecule has 1 aromatic heterocycles. The first-order valence-corrected chi connectivity index (χ1v) is 7.68. The van der Waals surface area contributed by atoms with Crippen molar-refractivity contribution in [1.82, 2.24) is 14.8 Å². The molecule has 0 saturated carbocycles. The molecule has 1 heterocycles. The highest BCUT2D eigenvalue weighted by Crippen LogP contribution is 2.24. The predicted molar refractivity (Wildman–Crippen MR) is 90.6 cm³/mol. The van der Waals surface area contributed by atoms with Crippen LogP contribution in [0.25, 0.3) is 17.1 Å². The van der Waals surface area contributed by atoms with Crippen LogP contribution < -0.4 is 4.74 Å². The molecule has 0 spiro atoms. The van der Waals surface area contributed by atoms with Gasteiger partial charge in [0, 0.05) is 11.8 Å². The summed E-state index contributed by atoms with van der Waals surface area (Å²) in [5.74, 6) is -0.511. The molecule has 1 N–H and O–H groups in total. The molecule has 9 heteroatoms. The molecule has 0 saturated heterocycles. The minimum atomic E-state index is -4.74. The van der Waals surface area contributed by atoms with Crippen molar-refractivity contribution in [3.63, 3.8) is 0 Å². The third kappa shape index (κ3) is 4.30. The van der Waals surface area contributed by atoms with Crippen molar-refractivity contribution in [3.8, 4) is 28.9 Å². The number of rotatable bonds is 5. The molecule has 6 nitrogen and oxygen atoms in total. The normalized spacial score (nSPS) is 12.2. The highest BCUT2D eigenvalue weighted by Gasteiger charge is 2.31. The predicted octanol–water partition coefficient (Wildman–Crippen LogP) is 4.09. The van der Waals surface area contributed by atoms with Crippen molar-refractivity contribution in [2.75, 3.05) is 0 Å². The first-order valence-electron chi connectivity index (χ1n) is 7.68. The Bertz CT molecular complexity index is 972. The van der Waals surface area contributed by atoms with E-state index in [2.05, 4.69) is 14.8 Å². The van der Waals surface area contributed by atoms with E-state index in [0.29, 0.717) is 22.6 Å². The molecular formula is C18H12F3N5O. The SMILES string of the molecule is N#CC(C=N)c1ccc(-c2ncn(-c3ccc(OC(F)(F)F)cc3)n2)cc1. The largest absolute Gasteiger partial charge is 0.573 e. The van der Waals surface area contributed by atoms with Crippen LogP contribution in [0.15, 0.2) is 54.9 Å². The second-order valence-electron chi connectivity index (χ2n) is 5.45. The third-order valence-corrected chi connectivity index (χ3v) is 3.66. The minimum absolute atomic E-state index is 0.319. The van der Waals surface area contributed by atoms with Crippen LogP contribution in [0.5, 0.6) is 5.75 Å². The number of ether oxygens (including phenoxy) is 1. The standard InChI is InChI=1S/C18H12F3N5O/c19-18(20,21)27-16-7-5-15(6-8-16)26-11-24-17(25-26)13-3-1-12(2-4-13)14(9-22)10-23/h1-9,11,14,22H. The summed E-state index contributed by atoms with van der Waals surface area (Å²) in [5, 5.41) is 20.5. The molecule has 3 rings (SSSR count). The van der Waals surface area contributed by atoms with Crippen molar-refractivity contribution in [2.24, 2.45) is 0 Å². The maximum atomic E-state index is 12.2. The van der Waals surface area contributed by atoms with Gasteiger partial charge in [-0.1, -0.05) is 24.3 Å². The Kier molecular flexibility index (Phi) is 4.90. The molecule has 0 amide bonds. The van der Waals surface area contributed by atoms with Gasteiger partial charge in [0.1, 0.15) is 18.0 Å². The Labute approximate surface area is 152 Å². The number of nitrogens with zero attached hydrogens (tertiary/aromatic N) is 4. The lowest BCUT2D eigenvalue weighted by atomic mass is 10.0. The molecule has 0 fully saturated rings. The summed E-state index contributed by atoms with van der Waals surface area (Å²) in [6.45, 7) is 0. The van der Waals surface area contributed by atoms with E-state index in [9.17, 15) is 13.2 Å². The zero-order valence-corrected chi connectivity index (χ0v) is 13.7. The Morgan fingerprint density at radius 3 is 2.33 bits per heavy atom. The molecule has 3 aromatic rings. The average molecular weight is 371 g/mol. The number of alkyl halides is 3. The molecule has 27 heavy (non-hydrogen) atoms. The first kappa shape index (κ1) is 18.1. The Morgan fingerprint density at radius 1 is 1.11 bits per heavy atom. The quantitative estimate of drug-likeness (QED) is 0.684. The Hall–Kier alpha value is -3.67. The van der Waals surface area contributed by atoms with E-state index < -0.39 is 12.3 Å². The topological polar surface area (TPSA) is 87.6 Å². The number of nitriles is 1. The van der Waals surface area contributed by atoms with Crippen LogP contribution in [0, 0.1) is 16.7 Å². The van der Waals surface area contributed by atoms with Crippen molar-refractivity contribution in [2.45, 2.75) is 12.3 Å². The van der Waals surface area contributed by atoms with Crippen LogP contribution in [-0.4, -0.2) is 27.3 Å². The molecule has 0 aliphatic rings. The number of benzene rings is 2. The van der Waals surface area contributed by atoms with Gasteiger partial charge in [0.05, 0.1) is 11.8 Å². The summed E-state index contributed by atoms with van der Waals surface area (Å²) in [4.78, 5) is 4.19. The molecule has 0 bridgehead atoms. The minimum Gasteiger partial charge on any atom is -0.406 e. The third-order valence-electron chi connectivity index (χ3n) is 3.66. The van der Waals surface area contributed by atoms with Gasteiger partial charge in [-0.25, -0.2) is 9.67 Å². The fraction of sp³-hybridized carbons (Fsp3) is 0.111. The van der Waals surface area contributed by atoms with Gasteiger partial charge >= 0.3 is 6.36 Å². The highest BCUT2D eigenvalue weighted by molar-refractivity contribution is 5.69. The molecule has 0 radical (unpaired) electrons. The average Bonchev–Trinajstić information content (AvgIpc) is 3.13. The highest BCUT2D eigenvalue weighted by atomic mass is 19.4. The number of hydrogen-bond donors (Lipinski definition) is 1. The number of nitrogens with one attached hydrogen (secondary N) is 1.